The van der Waals surface area contributed by atoms with Gasteiger partial charge in [-0.05, 0) is 147 Å². The first-order valence-corrected chi connectivity index (χ1v) is 10.6. The van der Waals surface area contributed by atoms with E-state index < -0.39 is 7.25 Å². The Morgan fingerprint density at radius 1 is 0.500 bits per heavy atom. The third-order valence-electron chi connectivity index (χ3n) is 4.18. The van der Waals surface area contributed by atoms with E-state index in [1.165, 1.54) is 12.8 Å². The molecule has 0 saturated heterocycles. The summed E-state index contributed by atoms with van der Waals surface area (Å²) in [6, 6.07) is 0. The van der Waals surface area contributed by atoms with Crippen molar-refractivity contribution in [2.75, 3.05) is 0 Å². The Morgan fingerprint density at radius 3 is 0.647 bits per heavy atom. The summed E-state index contributed by atoms with van der Waals surface area (Å²) in [6.45, 7) is 4.48. The fourth-order valence-corrected chi connectivity index (χ4v) is 2.12. The molecule has 0 aromatic heterocycles. The van der Waals surface area contributed by atoms with Crippen LogP contribution in [0.3, 0.4) is 0 Å². The van der Waals surface area contributed by atoms with Crippen LogP contribution in [0.5, 0.6) is 0 Å². The molecule has 5 saturated carbocycles. The van der Waals surface area contributed by atoms with Gasteiger partial charge in [-0.1, -0.05) is 26.7 Å². The van der Waals surface area contributed by atoms with Crippen molar-refractivity contribution in [1.82, 2.24) is 0 Å². The van der Waals surface area contributed by atoms with Gasteiger partial charge < -0.3 is 17.3 Å². The molecule has 34 heavy (non-hydrogen) atoms. The molecule has 0 N–H and O–H groups in total. The monoisotopic (exact) mass is 555 g/mol. The largest absolute Gasteiger partial charge is 0.673 e. The molecule has 5 fully saturated rings. The SMILES string of the molecule is CCC1(CC)[CH+][CH-]1.F[B-](F)(F)F.[CH]1[CH][CH][CH][CH]1.[CH]1[CH][CH][CH][CH]1.[CH]1[CH][CH][CH][CH]1.[CH]1[CH][CH][CH][CH]1.[Fe].[Fe]. The van der Waals surface area contributed by atoms with Gasteiger partial charge in [-0.15, -0.1) is 0 Å². The number of halogens is 4. The summed E-state index contributed by atoms with van der Waals surface area (Å²) in [6.07, 6.45) is 47.2. The fraction of sp³-hybridized carbons (Fsp3) is 0.185. The molecule has 188 valence electrons. The third kappa shape index (κ3) is 32.7. The van der Waals surface area contributed by atoms with Gasteiger partial charge in [-0.25, -0.2) is 0 Å². The van der Waals surface area contributed by atoms with Crippen molar-refractivity contribution in [3.05, 3.63) is 141 Å². The van der Waals surface area contributed by atoms with E-state index in [9.17, 15) is 17.3 Å². The second-order valence-electron chi connectivity index (χ2n) is 6.62. The van der Waals surface area contributed by atoms with Crippen molar-refractivity contribution in [3.8, 4) is 0 Å². The minimum absolute atomic E-state index is 0. The summed E-state index contributed by atoms with van der Waals surface area (Å²) in [4.78, 5) is 0. The van der Waals surface area contributed by atoms with Crippen LogP contribution in [-0.4, -0.2) is 7.25 Å². The summed E-state index contributed by atoms with van der Waals surface area (Å²) in [5, 5.41) is 0. The van der Waals surface area contributed by atoms with Gasteiger partial charge in [-0.3, -0.25) is 0 Å². The van der Waals surface area contributed by atoms with Crippen molar-refractivity contribution in [2.45, 2.75) is 26.7 Å². The van der Waals surface area contributed by atoms with Gasteiger partial charge in [0.2, 0.25) is 0 Å². The minimum atomic E-state index is -6.00. The maximum Gasteiger partial charge on any atom is 0.673 e. The van der Waals surface area contributed by atoms with Gasteiger partial charge in [0.15, 0.2) is 0 Å². The quantitative estimate of drug-likeness (QED) is 0.187. The molecule has 0 heterocycles. The zero-order valence-electron chi connectivity index (χ0n) is 19.4. The predicted octanol–water partition coefficient (Wildman–Crippen LogP) is 7.60. The fourth-order valence-electron chi connectivity index (χ4n) is 2.12. The van der Waals surface area contributed by atoms with Crippen LogP contribution >= 0.6 is 0 Å². The van der Waals surface area contributed by atoms with Crippen molar-refractivity contribution in [3.63, 3.8) is 0 Å². The Balaban J connectivity index is -0.000000337. The first-order valence-electron chi connectivity index (χ1n) is 10.6. The Bertz CT molecular complexity index is 293. The Labute approximate surface area is 231 Å². The van der Waals surface area contributed by atoms with Crippen LogP contribution in [-0.2, 0) is 34.1 Å². The molecule has 0 spiro atoms. The standard InChI is InChI=1S/C7H12.4C5H5.BF4.2Fe/c1-3-7(4-2)5-6-7;4*1-2-4-5-3-1;2-1(3,4)5;;/h5-6H,3-4H2,1-2H3;4*1-5H;;;/q;;;;;-1;;. The Morgan fingerprint density at radius 2 is 0.618 bits per heavy atom. The molecule has 0 aromatic carbocycles. The molecule has 0 aromatic rings. The van der Waals surface area contributed by atoms with Gasteiger partial charge in [0.1, 0.15) is 0 Å². The van der Waals surface area contributed by atoms with Crippen molar-refractivity contribution >= 4 is 7.25 Å². The van der Waals surface area contributed by atoms with Crippen molar-refractivity contribution in [2.24, 2.45) is 5.41 Å². The molecule has 5 aliphatic carbocycles. The number of rotatable bonds is 2. The van der Waals surface area contributed by atoms with E-state index in [1.807, 2.05) is 128 Å². The topological polar surface area (TPSA) is 0 Å². The van der Waals surface area contributed by atoms with Crippen LogP contribution < -0.4 is 0 Å². The van der Waals surface area contributed by atoms with Gasteiger partial charge >= 0.3 is 7.25 Å². The van der Waals surface area contributed by atoms with E-state index in [-0.39, 0.29) is 34.1 Å². The zero-order valence-corrected chi connectivity index (χ0v) is 21.6. The number of hydrogen-bond acceptors (Lipinski definition) is 0. The first kappa shape index (κ1) is 39.2. The van der Waals surface area contributed by atoms with E-state index in [1.54, 1.807) is 0 Å². The second kappa shape index (κ2) is 26.7. The molecule has 0 unspecified atom stereocenters. The zero-order chi connectivity index (χ0) is 24.0. The molecule has 0 aliphatic heterocycles. The normalized spacial score (nSPS) is 20.8. The van der Waals surface area contributed by atoms with Crippen LogP contribution in [0.15, 0.2) is 0 Å². The smallest absolute Gasteiger partial charge is 0.418 e. The van der Waals surface area contributed by atoms with Gasteiger partial charge in [-0.2, -0.15) is 0 Å². The van der Waals surface area contributed by atoms with E-state index in [0.717, 1.165) is 0 Å². The molecule has 0 atom stereocenters. The molecule has 0 nitrogen and oxygen atoms in total. The van der Waals surface area contributed by atoms with Crippen LogP contribution in [0.2, 0.25) is 0 Å². The summed E-state index contributed by atoms with van der Waals surface area (Å²) in [5.74, 6) is 0. The molecule has 0 amide bonds. The molecular weight excluding hydrogens is 523 g/mol. The van der Waals surface area contributed by atoms with Crippen molar-refractivity contribution in [1.29, 1.82) is 0 Å². The molecule has 5 rings (SSSR count). The average molecular weight is 555 g/mol. The van der Waals surface area contributed by atoms with Gasteiger partial charge in [0.25, 0.3) is 0 Å². The van der Waals surface area contributed by atoms with E-state index in [2.05, 4.69) is 26.7 Å². The average Bonchev–Trinajstić information content (AvgIpc) is 3.48. The third-order valence-corrected chi connectivity index (χ3v) is 4.18. The molecule has 7 heteroatoms. The predicted molar refractivity (Wildman–Crippen MR) is 128 cm³/mol. The number of hydrogen-bond donors (Lipinski definition) is 0. The second-order valence-corrected chi connectivity index (χ2v) is 6.62. The van der Waals surface area contributed by atoms with Crippen molar-refractivity contribution < 1.29 is 51.4 Å². The van der Waals surface area contributed by atoms with E-state index >= 15 is 0 Å². The molecule has 0 bridgehead atoms. The van der Waals surface area contributed by atoms with E-state index in [0.29, 0.717) is 5.41 Å². The van der Waals surface area contributed by atoms with Gasteiger partial charge in [0, 0.05) is 34.1 Å². The maximum atomic E-state index is 9.75. The Hall–Kier alpha value is 0.694. The summed E-state index contributed by atoms with van der Waals surface area (Å²) >= 11 is 0. The maximum absolute atomic E-state index is 9.75. The minimum Gasteiger partial charge on any atom is -0.418 e. The summed E-state index contributed by atoms with van der Waals surface area (Å²) in [7, 11) is -6.00. The first-order chi connectivity index (χ1) is 15.3. The molecule has 5 aliphatic rings. The van der Waals surface area contributed by atoms with Crippen LogP contribution in [0.25, 0.3) is 0 Å². The van der Waals surface area contributed by atoms with Crippen LogP contribution in [0, 0.1) is 147 Å². The Kier molecular flexibility index (Phi) is 30.8. The molecule has 20 radical (unpaired) electrons. The summed E-state index contributed by atoms with van der Waals surface area (Å²) < 4.78 is 39.0. The summed E-state index contributed by atoms with van der Waals surface area (Å²) in [5.41, 5.74) is 0.583. The van der Waals surface area contributed by atoms with E-state index in [4.69, 9.17) is 0 Å². The van der Waals surface area contributed by atoms with Gasteiger partial charge in [0.05, 0.1) is 0 Å². The molecular formula is C27H32BF4Fe2-. The van der Waals surface area contributed by atoms with Crippen LogP contribution in [0.1, 0.15) is 26.7 Å². The van der Waals surface area contributed by atoms with Crippen LogP contribution in [0.4, 0.5) is 17.3 Å².